The van der Waals surface area contributed by atoms with Gasteiger partial charge in [0.25, 0.3) is 0 Å². The number of aromatic nitrogens is 4. The lowest BCUT2D eigenvalue weighted by Gasteiger charge is -2.48. The van der Waals surface area contributed by atoms with Crippen molar-refractivity contribution in [3.63, 3.8) is 0 Å². The molecule has 6 fully saturated rings. The summed E-state index contributed by atoms with van der Waals surface area (Å²) in [6, 6.07) is 19.3. The van der Waals surface area contributed by atoms with Crippen LogP contribution in [0, 0.1) is 17.7 Å². The van der Waals surface area contributed by atoms with Gasteiger partial charge in [0, 0.05) is 87.2 Å². The van der Waals surface area contributed by atoms with Gasteiger partial charge in [-0.05, 0) is 133 Å². The molecule has 5 saturated heterocycles. The first-order valence-electron chi connectivity index (χ1n) is 27.2. The second-order valence-electron chi connectivity index (χ2n) is 22.2. The summed E-state index contributed by atoms with van der Waals surface area (Å²) in [7, 11) is 0. The van der Waals surface area contributed by atoms with Gasteiger partial charge in [0.1, 0.15) is 17.2 Å². The third-order valence-corrected chi connectivity index (χ3v) is 17.7. The van der Waals surface area contributed by atoms with Crippen LogP contribution in [-0.2, 0) is 29.4 Å². The molecule has 2 aromatic carbocycles. The number of fused-ring (bicyclic) bond motifs is 3. The number of carbonyl (C=O) groups is 5. The number of piperidine rings is 4. The Kier molecular flexibility index (Phi) is 12.7. The number of hydrogen-bond donors (Lipinski definition) is 2. The molecule has 1 saturated carbocycles. The van der Waals surface area contributed by atoms with E-state index in [9.17, 15) is 19.2 Å². The number of hydrogen-bond acceptors (Lipinski definition) is 11. The maximum Gasteiger partial charge on any atom is 0.238 e. The molecule has 74 heavy (non-hydrogen) atoms. The summed E-state index contributed by atoms with van der Waals surface area (Å²) in [4.78, 5) is 92.8. The number of benzene rings is 2. The van der Waals surface area contributed by atoms with E-state index in [4.69, 9.17) is 9.97 Å². The van der Waals surface area contributed by atoms with Gasteiger partial charge in [0.15, 0.2) is 5.82 Å². The SMILES string of the molecule is CC(C)n1cnc2cc(-c3ccc4c(c3)N([C@H]3C[C@@H](N5CCCCC5)C3)C(=O)C43CCN(C(=O)C4CCN(C(=O)[C@H]5CCN(c6ccc(C7CCC(=O)NC7=O)cn6)C5)CC4)CC3)nc(Nc3ccccc3F)c21. The second-order valence-corrected chi connectivity index (χ2v) is 22.2. The molecular formula is C57H66FN11O5. The van der Waals surface area contributed by atoms with Crippen molar-refractivity contribution >= 4 is 63.6 Å². The van der Waals surface area contributed by atoms with E-state index < -0.39 is 11.3 Å². The fourth-order valence-electron chi connectivity index (χ4n) is 13.3. The largest absolute Gasteiger partial charge is 0.356 e. The number of nitrogens with zero attached hydrogens (tertiary/aromatic N) is 9. The van der Waals surface area contributed by atoms with E-state index >= 15 is 9.18 Å². The topological polar surface area (TPSA) is 169 Å². The summed E-state index contributed by atoms with van der Waals surface area (Å²) in [5.41, 5.74) is 5.34. The summed E-state index contributed by atoms with van der Waals surface area (Å²) in [5.74, 6) is 0.000615. The zero-order valence-corrected chi connectivity index (χ0v) is 42.5. The number of para-hydroxylation sites is 1. The lowest BCUT2D eigenvalue weighted by molar-refractivity contribution is -0.144. The molecule has 12 rings (SSSR count). The average molecular weight is 1000 g/mol. The molecule has 1 unspecified atom stereocenters. The summed E-state index contributed by atoms with van der Waals surface area (Å²) in [5, 5.41) is 5.70. The summed E-state index contributed by atoms with van der Waals surface area (Å²) < 4.78 is 17.1. The molecule has 5 aromatic rings. The molecule has 1 aliphatic carbocycles. The summed E-state index contributed by atoms with van der Waals surface area (Å²) in [6.45, 7) is 9.70. The summed E-state index contributed by atoms with van der Waals surface area (Å²) >= 11 is 0. The Morgan fingerprint density at radius 1 is 0.797 bits per heavy atom. The van der Waals surface area contributed by atoms with Crippen molar-refractivity contribution in [2.75, 3.05) is 67.5 Å². The molecule has 0 bridgehead atoms. The van der Waals surface area contributed by atoms with Crippen LogP contribution in [0.1, 0.15) is 114 Å². The number of imidazole rings is 1. The third kappa shape index (κ3) is 8.67. The standard InChI is InChI=1S/C57H66FN11O5/c1-35(2)68-34-60-47-31-46(62-52(51(47)68)61-45-9-5-4-8-44(45)58)37-10-13-43-48(28-37)69(41-29-40(30-41)64-21-6-3-7-22-64)56(74)57(43)19-26-66(27-20-57)54(72)36-16-23-65(24-17-36)55(73)39-18-25-67(33-39)49-14-11-38(32-59-49)42-12-15-50(70)63-53(42)71/h4-5,8-11,13-14,28,31-32,34-36,39-42H,3,6-7,12,15-27,29-30,33H2,1-2H3,(H,61,62)(H,63,70,71)/t39-,40-,41+,42?/m0/s1. The Labute approximate surface area is 431 Å². The smallest absolute Gasteiger partial charge is 0.238 e. The van der Waals surface area contributed by atoms with Crippen LogP contribution in [0.25, 0.3) is 22.3 Å². The highest BCUT2D eigenvalue weighted by atomic mass is 19.1. The Morgan fingerprint density at radius 2 is 1.54 bits per heavy atom. The van der Waals surface area contributed by atoms with Gasteiger partial charge in [-0.3, -0.25) is 29.3 Å². The highest BCUT2D eigenvalue weighted by molar-refractivity contribution is 6.09. The number of imide groups is 1. The summed E-state index contributed by atoms with van der Waals surface area (Å²) in [6.07, 6.45) is 12.9. The van der Waals surface area contributed by atoms with E-state index in [1.165, 1.54) is 25.3 Å². The molecule has 6 aliphatic heterocycles. The molecule has 7 aliphatic rings. The monoisotopic (exact) mass is 1000 g/mol. The first-order chi connectivity index (χ1) is 35.9. The number of nitrogens with one attached hydrogen (secondary N) is 2. The lowest BCUT2D eigenvalue weighted by Crippen LogP contribution is -2.58. The molecule has 2 atom stereocenters. The van der Waals surface area contributed by atoms with Gasteiger partial charge in [0.05, 0.1) is 40.5 Å². The van der Waals surface area contributed by atoms with Crippen LogP contribution in [0.4, 0.5) is 27.4 Å². The molecule has 9 heterocycles. The van der Waals surface area contributed by atoms with E-state index in [0.29, 0.717) is 101 Å². The quantitative estimate of drug-likeness (QED) is 0.133. The van der Waals surface area contributed by atoms with Crippen molar-refractivity contribution in [1.82, 2.24) is 39.5 Å². The van der Waals surface area contributed by atoms with Gasteiger partial charge in [-0.25, -0.2) is 19.3 Å². The van der Waals surface area contributed by atoms with Crippen LogP contribution in [-0.4, -0.2) is 128 Å². The van der Waals surface area contributed by atoms with Crippen LogP contribution in [0.15, 0.2) is 73.2 Å². The zero-order chi connectivity index (χ0) is 50.8. The molecule has 1 spiro atoms. The van der Waals surface area contributed by atoms with Crippen LogP contribution >= 0.6 is 0 Å². The van der Waals surface area contributed by atoms with Crippen LogP contribution < -0.4 is 20.4 Å². The third-order valence-electron chi connectivity index (χ3n) is 17.7. The number of carbonyl (C=O) groups excluding carboxylic acids is 5. The molecular weight excluding hydrogens is 938 g/mol. The number of anilines is 4. The van der Waals surface area contributed by atoms with Gasteiger partial charge >= 0.3 is 0 Å². The van der Waals surface area contributed by atoms with Gasteiger partial charge in [-0.1, -0.05) is 36.8 Å². The predicted octanol–water partition coefficient (Wildman–Crippen LogP) is 7.47. The van der Waals surface area contributed by atoms with Crippen LogP contribution in [0.2, 0.25) is 0 Å². The van der Waals surface area contributed by atoms with Crippen molar-refractivity contribution in [3.05, 3.63) is 90.1 Å². The minimum absolute atomic E-state index is 0.0770. The Bertz CT molecular complexity index is 3000. The minimum atomic E-state index is -0.748. The Hall–Kier alpha value is -6.75. The highest BCUT2D eigenvalue weighted by Gasteiger charge is 2.56. The normalized spacial score (nSPS) is 24.5. The van der Waals surface area contributed by atoms with Crippen molar-refractivity contribution in [2.45, 2.75) is 120 Å². The van der Waals surface area contributed by atoms with E-state index in [-0.39, 0.29) is 59.3 Å². The van der Waals surface area contributed by atoms with Crippen molar-refractivity contribution in [2.24, 2.45) is 11.8 Å². The fourth-order valence-corrected chi connectivity index (χ4v) is 13.3. The highest BCUT2D eigenvalue weighted by Crippen LogP contribution is 2.52. The fraction of sp³-hybridized carbons (Fsp3) is 0.509. The van der Waals surface area contributed by atoms with Gasteiger partial charge in [-0.15, -0.1) is 0 Å². The molecule has 17 heteroatoms. The van der Waals surface area contributed by atoms with Gasteiger partial charge in [-0.2, -0.15) is 0 Å². The van der Waals surface area contributed by atoms with Crippen LogP contribution in [0.3, 0.4) is 0 Å². The van der Waals surface area contributed by atoms with Crippen molar-refractivity contribution < 1.29 is 28.4 Å². The predicted molar refractivity (Wildman–Crippen MR) is 279 cm³/mol. The van der Waals surface area contributed by atoms with Gasteiger partial charge < -0.3 is 34.4 Å². The minimum Gasteiger partial charge on any atom is -0.356 e. The molecule has 5 amide bonds. The number of halogens is 1. The van der Waals surface area contributed by atoms with Gasteiger partial charge in [0.2, 0.25) is 29.5 Å². The maximum atomic E-state index is 15.3. The van der Waals surface area contributed by atoms with E-state index in [0.717, 1.165) is 71.6 Å². The van der Waals surface area contributed by atoms with Crippen molar-refractivity contribution in [1.29, 1.82) is 0 Å². The number of amides is 5. The van der Waals surface area contributed by atoms with Crippen LogP contribution in [0.5, 0.6) is 0 Å². The van der Waals surface area contributed by atoms with Crippen molar-refractivity contribution in [3.8, 4) is 11.3 Å². The number of likely N-dealkylation sites (tertiary alicyclic amines) is 3. The molecule has 2 N–H and O–H groups in total. The molecule has 16 nitrogen and oxygen atoms in total. The van der Waals surface area contributed by atoms with E-state index in [1.54, 1.807) is 30.7 Å². The lowest BCUT2D eigenvalue weighted by atomic mass is 9.73. The first kappa shape index (κ1) is 48.2. The Morgan fingerprint density at radius 3 is 2.27 bits per heavy atom. The molecule has 0 radical (unpaired) electrons. The number of rotatable bonds is 10. The Balaban J connectivity index is 0.726. The van der Waals surface area contributed by atoms with E-state index in [2.05, 4.69) is 62.4 Å². The first-order valence-corrected chi connectivity index (χ1v) is 27.2. The number of pyridine rings is 2. The average Bonchev–Trinajstić information content (AvgIpc) is 4.14. The zero-order valence-electron chi connectivity index (χ0n) is 42.5. The molecule has 386 valence electrons. The second kappa shape index (κ2) is 19.5. The maximum absolute atomic E-state index is 15.3. The molecule has 3 aromatic heterocycles. The van der Waals surface area contributed by atoms with E-state index in [1.807, 2.05) is 32.6 Å².